The molecular weight excluding hydrogens is 268 g/mol. The second-order valence-corrected chi connectivity index (χ2v) is 4.35. The molecule has 0 spiro atoms. The van der Waals surface area contributed by atoms with Crippen molar-refractivity contribution in [3.8, 4) is 16.9 Å². The van der Waals surface area contributed by atoms with E-state index in [4.69, 9.17) is 34.8 Å². The average Bonchev–Trinajstić information content (AvgIpc) is 2.26. The van der Waals surface area contributed by atoms with Crippen molar-refractivity contribution in [3.63, 3.8) is 0 Å². The van der Waals surface area contributed by atoms with Crippen LogP contribution in [0.2, 0.25) is 15.2 Å². The molecule has 0 aliphatic heterocycles. The van der Waals surface area contributed by atoms with Crippen LogP contribution in [0.4, 0.5) is 0 Å². The minimum Gasteiger partial charge on any atom is -0.506 e. The molecule has 1 aromatic carbocycles. The Bertz CT molecular complexity index is 543. The minimum absolute atomic E-state index is 0.0442. The maximum absolute atomic E-state index is 9.65. The molecule has 0 radical (unpaired) electrons. The molecule has 0 unspecified atom stereocenters. The summed E-state index contributed by atoms with van der Waals surface area (Å²) >= 11 is 17.5. The number of benzene rings is 1. The van der Waals surface area contributed by atoms with Gasteiger partial charge in [0.25, 0.3) is 0 Å². The highest BCUT2D eigenvalue weighted by Gasteiger charge is 2.07. The third kappa shape index (κ3) is 2.24. The fourth-order valence-electron chi connectivity index (χ4n) is 1.32. The molecule has 1 aromatic heterocycles. The molecule has 1 heterocycles. The third-order valence-corrected chi connectivity index (χ3v) is 3.03. The van der Waals surface area contributed by atoms with Crippen molar-refractivity contribution >= 4 is 34.8 Å². The fraction of sp³-hybridized carbons (Fsp3) is 0. The van der Waals surface area contributed by atoms with Crippen molar-refractivity contribution in [2.24, 2.45) is 0 Å². The number of hydrogen-bond donors (Lipinski definition) is 1. The summed E-state index contributed by atoms with van der Waals surface area (Å²) in [4.78, 5) is 3.76. The first kappa shape index (κ1) is 11.5. The van der Waals surface area contributed by atoms with E-state index in [0.717, 1.165) is 5.56 Å². The van der Waals surface area contributed by atoms with E-state index in [2.05, 4.69) is 4.98 Å². The lowest BCUT2D eigenvalue weighted by Crippen LogP contribution is -1.82. The summed E-state index contributed by atoms with van der Waals surface area (Å²) in [6.45, 7) is 0. The highest BCUT2D eigenvalue weighted by molar-refractivity contribution is 6.42. The average molecular weight is 275 g/mol. The van der Waals surface area contributed by atoms with Gasteiger partial charge in [0.1, 0.15) is 10.9 Å². The first-order valence-corrected chi connectivity index (χ1v) is 5.51. The van der Waals surface area contributed by atoms with E-state index in [1.807, 2.05) is 0 Å². The molecule has 0 aliphatic rings. The standard InChI is InChI=1S/C11H6Cl3NO/c12-8-2-1-6(3-9(8)13)7-4-11(14)15-5-10(7)16/h1-5,16H. The van der Waals surface area contributed by atoms with E-state index in [1.54, 1.807) is 24.3 Å². The van der Waals surface area contributed by atoms with Gasteiger partial charge in [-0.15, -0.1) is 0 Å². The van der Waals surface area contributed by atoms with Crippen LogP contribution in [0.5, 0.6) is 5.75 Å². The van der Waals surface area contributed by atoms with Gasteiger partial charge in [-0.25, -0.2) is 4.98 Å². The Hall–Kier alpha value is -0.960. The SMILES string of the molecule is Oc1cnc(Cl)cc1-c1ccc(Cl)c(Cl)c1. The predicted octanol–water partition coefficient (Wildman–Crippen LogP) is 4.41. The van der Waals surface area contributed by atoms with Gasteiger partial charge < -0.3 is 5.11 Å². The van der Waals surface area contributed by atoms with Crippen LogP contribution in [-0.2, 0) is 0 Å². The predicted molar refractivity (Wildman–Crippen MR) is 66.4 cm³/mol. The highest BCUT2D eigenvalue weighted by Crippen LogP contribution is 2.33. The van der Waals surface area contributed by atoms with Crippen molar-refractivity contribution < 1.29 is 5.11 Å². The van der Waals surface area contributed by atoms with Gasteiger partial charge in [-0.2, -0.15) is 0 Å². The van der Waals surface area contributed by atoms with Gasteiger partial charge in [0.15, 0.2) is 0 Å². The molecule has 0 amide bonds. The molecule has 1 N–H and O–H groups in total. The topological polar surface area (TPSA) is 33.1 Å². The smallest absolute Gasteiger partial charge is 0.141 e. The van der Waals surface area contributed by atoms with E-state index in [9.17, 15) is 5.11 Å². The molecule has 2 nitrogen and oxygen atoms in total. The summed E-state index contributed by atoms with van der Waals surface area (Å²) in [7, 11) is 0. The van der Waals surface area contributed by atoms with Crippen LogP contribution in [0.15, 0.2) is 30.5 Å². The van der Waals surface area contributed by atoms with E-state index in [1.165, 1.54) is 6.20 Å². The third-order valence-electron chi connectivity index (χ3n) is 2.08. The second-order valence-electron chi connectivity index (χ2n) is 3.15. The zero-order valence-corrected chi connectivity index (χ0v) is 10.2. The summed E-state index contributed by atoms with van der Waals surface area (Å²) in [5, 5.41) is 10.8. The number of aromatic nitrogens is 1. The number of rotatable bonds is 1. The lowest BCUT2D eigenvalue weighted by molar-refractivity contribution is 0.475. The van der Waals surface area contributed by atoms with E-state index in [0.29, 0.717) is 20.8 Å². The van der Waals surface area contributed by atoms with Gasteiger partial charge in [0.05, 0.1) is 16.2 Å². The number of aromatic hydroxyl groups is 1. The van der Waals surface area contributed by atoms with Gasteiger partial charge in [-0.05, 0) is 23.8 Å². The Morgan fingerprint density at radius 1 is 1.00 bits per heavy atom. The molecular formula is C11H6Cl3NO. The van der Waals surface area contributed by atoms with Crippen molar-refractivity contribution in [1.29, 1.82) is 0 Å². The number of nitrogens with zero attached hydrogens (tertiary/aromatic N) is 1. The number of halogens is 3. The van der Waals surface area contributed by atoms with Gasteiger partial charge in [-0.3, -0.25) is 0 Å². The van der Waals surface area contributed by atoms with Crippen LogP contribution >= 0.6 is 34.8 Å². The van der Waals surface area contributed by atoms with Crippen LogP contribution in [0.1, 0.15) is 0 Å². The maximum Gasteiger partial charge on any atom is 0.141 e. The molecule has 0 bridgehead atoms. The van der Waals surface area contributed by atoms with Gasteiger partial charge in [0.2, 0.25) is 0 Å². The fourth-order valence-corrected chi connectivity index (χ4v) is 1.77. The molecule has 0 saturated carbocycles. The van der Waals surface area contributed by atoms with Crippen LogP contribution < -0.4 is 0 Å². The van der Waals surface area contributed by atoms with Gasteiger partial charge >= 0.3 is 0 Å². The molecule has 2 aromatic rings. The Labute approximate surface area is 107 Å². The van der Waals surface area contributed by atoms with Crippen LogP contribution in [0.3, 0.4) is 0 Å². The monoisotopic (exact) mass is 273 g/mol. The molecule has 0 saturated heterocycles. The zero-order valence-electron chi connectivity index (χ0n) is 7.92. The summed E-state index contributed by atoms with van der Waals surface area (Å²) in [5.41, 5.74) is 1.30. The lowest BCUT2D eigenvalue weighted by Gasteiger charge is -2.06. The Morgan fingerprint density at radius 3 is 2.44 bits per heavy atom. The van der Waals surface area contributed by atoms with Crippen molar-refractivity contribution in [3.05, 3.63) is 45.7 Å². The molecule has 0 atom stereocenters. The van der Waals surface area contributed by atoms with Crippen molar-refractivity contribution in [2.75, 3.05) is 0 Å². The first-order valence-electron chi connectivity index (χ1n) is 4.38. The Kier molecular flexibility index (Phi) is 3.24. The molecule has 0 aliphatic carbocycles. The molecule has 82 valence electrons. The maximum atomic E-state index is 9.65. The van der Waals surface area contributed by atoms with Crippen LogP contribution in [0, 0.1) is 0 Å². The van der Waals surface area contributed by atoms with E-state index in [-0.39, 0.29) is 5.75 Å². The molecule has 5 heteroatoms. The van der Waals surface area contributed by atoms with Crippen molar-refractivity contribution in [1.82, 2.24) is 4.98 Å². The first-order chi connectivity index (χ1) is 7.58. The molecule has 2 rings (SSSR count). The molecule has 0 fully saturated rings. The second kappa shape index (κ2) is 4.50. The van der Waals surface area contributed by atoms with E-state index >= 15 is 0 Å². The van der Waals surface area contributed by atoms with Crippen LogP contribution in [-0.4, -0.2) is 10.1 Å². The summed E-state index contributed by atoms with van der Waals surface area (Å²) in [6, 6.07) is 6.64. The Balaban J connectivity index is 2.58. The number of hydrogen-bond acceptors (Lipinski definition) is 2. The number of pyridine rings is 1. The summed E-state index contributed by atoms with van der Waals surface area (Å²) in [6.07, 6.45) is 1.29. The van der Waals surface area contributed by atoms with Crippen LogP contribution in [0.25, 0.3) is 11.1 Å². The van der Waals surface area contributed by atoms with Crippen molar-refractivity contribution in [2.45, 2.75) is 0 Å². The van der Waals surface area contributed by atoms with E-state index < -0.39 is 0 Å². The zero-order chi connectivity index (χ0) is 11.7. The quantitative estimate of drug-likeness (QED) is 0.781. The normalized spacial score (nSPS) is 10.4. The molecule has 16 heavy (non-hydrogen) atoms. The van der Waals surface area contributed by atoms with Gasteiger partial charge in [0, 0.05) is 5.56 Å². The summed E-state index contributed by atoms with van der Waals surface area (Å²) in [5.74, 6) is 0.0442. The lowest BCUT2D eigenvalue weighted by atomic mass is 10.1. The minimum atomic E-state index is 0.0442. The Morgan fingerprint density at radius 2 is 1.75 bits per heavy atom. The van der Waals surface area contributed by atoms with Gasteiger partial charge in [-0.1, -0.05) is 40.9 Å². The highest BCUT2D eigenvalue weighted by atomic mass is 35.5. The summed E-state index contributed by atoms with van der Waals surface area (Å²) < 4.78 is 0. The largest absolute Gasteiger partial charge is 0.506 e.